The number of carbonyl (C=O) groups is 1. The van der Waals surface area contributed by atoms with Gasteiger partial charge < -0.3 is 9.84 Å². The van der Waals surface area contributed by atoms with E-state index in [2.05, 4.69) is 4.74 Å². The zero-order chi connectivity index (χ0) is 10.5. The summed E-state index contributed by atoms with van der Waals surface area (Å²) < 4.78 is 17.7. The number of aliphatic hydroxyl groups is 1. The summed E-state index contributed by atoms with van der Waals surface area (Å²) in [6.07, 6.45) is -1.09. The highest BCUT2D eigenvalue weighted by Crippen LogP contribution is 2.20. The van der Waals surface area contributed by atoms with E-state index < -0.39 is 17.7 Å². The molecule has 0 aliphatic carbocycles. The lowest BCUT2D eigenvalue weighted by molar-refractivity contribution is -0.159. The summed E-state index contributed by atoms with van der Waals surface area (Å²) in [4.78, 5) is 10.9. The lowest BCUT2D eigenvalue weighted by atomic mass is 9.95. The molecular formula is C9H17FO3. The van der Waals surface area contributed by atoms with Gasteiger partial charge in [-0.25, -0.2) is 9.18 Å². The van der Waals surface area contributed by atoms with Crippen molar-refractivity contribution in [2.75, 3.05) is 6.61 Å². The van der Waals surface area contributed by atoms with Gasteiger partial charge in [0.1, 0.15) is 5.60 Å². The van der Waals surface area contributed by atoms with Crippen LogP contribution in [0.1, 0.15) is 33.6 Å². The van der Waals surface area contributed by atoms with E-state index in [0.29, 0.717) is 6.42 Å². The molecule has 78 valence electrons. The molecule has 2 unspecified atom stereocenters. The maximum Gasteiger partial charge on any atom is 0.343 e. The number of rotatable bonds is 5. The molecule has 0 spiro atoms. The molecule has 4 heteroatoms. The Bertz CT molecular complexity index is 168. The predicted molar refractivity (Wildman–Crippen MR) is 47.1 cm³/mol. The van der Waals surface area contributed by atoms with Crippen LogP contribution in [0.3, 0.4) is 0 Å². The van der Waals surface area contributed by atoms with E-state index in [1.165, 1.54) is 6.92 Å². The molecule has 0 saturated heterocycles. The number of carbonyl (C=O) groups excluding carboxylic acids is 1. The van der Waals surface area contributed by atoms with Gasteiger partial charge in [0.2, 0.25) is 6.17 Å². The molecule has 0 aromatic rings. The third kappa shape index (κ3) is 3.72. The van der Waals surface area contributed by atoms with E-state index in [9.17, 15) is 14.3 Å². The van der Waals surface area contributed by atoms with Crippen LogP contribution in [-0.2, 0) is 9.53 Å². The van der Waals surface area contributed by atoms with E-state index in [4.69, 9.17) is 0 Å². The minimum absolute atomic E-state index is 0.126. The topological polar surface area (TPSA) is 46.5 Å². The first-order valence-electron chi connectivity index (χ1n) is 4.48. The Labute approximate surface area is 77.9 Å². The molecule has 0 saturated carbocycles. The fourth-order valence-corrected chi connectivity index (χ4v) is 1.10. The van der Waals surface area contributed by atoms with E-state index in [-0.39, 0.29) is 13.0 Å². The van der Waals surface area contributed by atoms with Gasteiger partial charge in [0.15, 0.2) is 0 Å². The lowest BCUT2D eigenvalue weighted by Crippen LogP contribution is -2.42. The third-order valence-electron chi connectivity index (χ3n) is 1.80. The Balaban J connectivity index is 4.21. The molecule has 0 aromatic heterocycles. The van der Waals surface area contributed by atoms with E-state index in [1.54, 1.807) is 6.92 Å². The van der Waals surface area contributed by atoms with Crippen LogP contribution in [0.2, 0.25) is 0 Å². The largest absolute Gasteiger partial charge is 0.464 e. The standard InChI is InChI=1S/C9H17FO3/c1-4-6-9(3,12)7(10)8(11)13-5-2/h7,12H,4-6H2,1-3H3. The van der Waals surface area contributed by atoms with Gasteiger partial charge in [-0.05, 0) is 20.3 Å². The van der Waals surface area contributed by atoms with Gasteiger partial charge in [0, 0.05) is 0 Å². The molecule has 0 aromatic carbocycles. The number of hydrogen-bond donors (Lipinski definition) is 1. The highest BCUT2D eigenvalue weighted by Gasteiger charge is 2.37. The van der Waals surface area contributed by atoms with Gasteiger partial charge >= 0.3 is 5.97 Å². The summed E-state index contributed by atoms with van der Waals surface area (Å²) in [5.41, 5.74) is -1.61. The lowest BCUT2D eigenvalue weighted by Gasteiger charge is -2.24. The molecular weight excluding hydrogens is 175 g/mol. The van der Waals surface area contributed by atoms with Gasteiger partial charge in [-0.15, -0.1) is 0 Å². The summed E-state index contributed by atoms with van der Waals surface area (Å²) in [5.74, 6) is -0.985. The van der Waals surface area contributed by atoms with Crippen LogP contribution in [0, 0.1) is 0 Å². The van der Waals surface area contributed by atoms with Crippen molar-refractivity contribution in [3.05, 3.63) is 0 Å². The first kappa shape index (κ1) is 12.4. The molecule has 0 fully saturated rings. The predicted octanol–water partition coefficient (Wildman–Crippen LogP) is 1.44. The van der Waals surface area contributed by atoms with Crippen LogP contribution >= 0.6 is 0 Å². The maximum absolute atomic E-state index is 13.2. The average Bonchev–Trinajstić information content (AvgIpc) is 2.03. The van der Waals surface area contributed by atoms with Crippen molar-refractivity contribution in [1.29, 1.82) is 0 Å². The quantitative estimate of drug-likeness (QED) is 0.670. The van der Waals surface area contributed by atoms with Crippen molar-refractivity contribution in [3.63, 3.8) is 0 Å². The summed E-state index contributed by atoms with van der Waals surface area (Å²) in [5, 5.41) is 9.50. The smallest absolute Gasteiger partial charge is 0.343 e. The molecule has 0 aliphatic rings. The molecule has 1 N–H and O–H groups in total. The van der Waals surface area contributed by atoms with Gasteiger partial charge in [0.25, 0.3) is 0 Å². The fourth-order valence-electron chi connectivity index (χ4n) is 1.10. The molecule has 13 heavy (non-hydrogen) atoms. The van der Waals surface area contributed by atoms with Crippen molar-refractivity contribution in [3.8, 4) is 0 Å². The Hall–Kier alpha value is -0.640. The third-order valence-corrected chi connectivity index (χ3v) is 1.80. The maximum atomic E-state index is 13.2. The second-order valence-corrected chi connectivity index (χ2v) is 3.22. The fraction of sp³-hybridized carbons (Fsp3) is 0.889. The monoisotopic (exact) mass is 192 g/mol. The summed E-state index contributed by atoms with van der Waals surface area (Å²) in [7, 11) is 0. The first-order chi connectivity index (χ1) is 5.95. The average molecular weight is 192 g/mol. The molecule has 0 radical (unpaired) electrons. The zero-order valence-electron chi connectivity index (χ0n) is 8.34. The van der Waals surface area contributed by atoms with Gasteiger partial charge in [-0.2, -0.15) is 0 Å². The van der Waals surface area contributed by atoms with Gasteiger partial charge in [0.05, 0.1) is 6.61 Å². The van der Waals surface area contributed by atoms with Crippen LogP contribution in [0.5, 0.6) is 0 Å². The Morgan fingerprint density at radius 2 is 2.15 bits per heavy atom. The minimum Gasteiger partial charge on any atom is -0.464 e. The molecule has 0 bridgehead atoms. The van der Waals surface area contributed by atoms with Crippen LogP contribution in [0.4, 0.5) is 4.39 Å². The number of ether oxygens (including phenoxy) is 1. The first-order valence-corrected chi connectivity index (χ1v) is 4.48. The van der Waals surface area contributed by atoms with Crippen molar-refractivity contribution in [2.24, 2.45) is 0 Å². The normalized spacial score (nSPS) is 17.6. The second-order valence-electron chi connectivity index (χ2n) is 3.22. The van der Waals surface area contributed by atoms with Crippen molar-refractivity contribution in [1.82, 2.24) is 0 Å². The highest BCUT2D eigenvalue weighted by atomic mass is 19.1. The van der Waals surface area contributed by atoms with Crippen molar-refractivity contribution >= 4 is 5.97 Å². The number of halogens is 1. The highest BCUT2D eigenvalue weighted by molar-refractivity contribution is 5.75. The van der Waals surface area contributed by atoms with Gasteiger partial charge in [-0.3, -0.25) is 0 Å². The number of esters is 1. The molecule has 0 aliphatic heterocycles. The zero-order valence-corrected chi connectivity index (χ0v) is 8.34. The van der Waals surface area contributed by atoms with Gasteiger partial charge in [-0.1, -0.05) is 13.3 Å². The molecule has 0 rings (SSSR count). The summed E-state index contributed by atoms with van der Waals surface area (Å²) >= 11 is 0. The number of alkyl halides is 1. The van der Waals surface area contributed by atoms with Crippen LogP contribution < -0.4 is 0 Å². The van der Waals surface area contributed by atoms with Crippen molar-refractivity contribution < 1.29 is 19.0 Å². The molecule has 2 atom stereocenters. The van der Waals surface area contributed by atoms with E-state index in [1.807, 2.05) is 6.92 Å². The Morgan fingerprint density at radius 1 is 1.62 bits per heavy atom. The van der Waals surface area contributed by atoms with Crippen molar-refractivity contribution in [2.45, 2.75) is 45.4 Å². The van der Waals surface area contributed by atoms with E-state index in [0.717, 1.165) is 0 Å². The van der Waals surface area contributed by atoms with E-state index >= 15 is 0 Å². The second kappa shape index (κ2) is 5.17. The molecule has 0 amide bonds. The summed E-state index contributed by atoms with van der Waals surface area (Å²) in [6.45, 7) is 4.84. The number of hydrogen-bond acceptors (Lipinski definition) is 3. The minimum atomic E-state index is -1.95. The molecule has 0 heterocycles. The Morgan fingerprint density at radius 3 is 2.54 bits per heavy atom. The Kier molecular flexibility index (Phi) is 4.91. The summed E-state index contributed by atoms with van der Waals surface area (Å²) in [6, 6.07) is 0. The van der Waals surface area contributed by atoms with Crippen LogP contribution in [0.25, 0.3) is 0 Å². The van der Waals surface area contributed by atoms with Crippen LogP contribution in [-0.4, -0.2) is 29.5 Å². The molecule has 3 nitrogen and oxygen atoms in total. The SMILES string of the molecule is CCCC(C)(O)C(F)C(=O)OCC. The van der Waals surface area contributed by atoms with Crippen LogP contribution in [0.15, 0.2) is 0 Å².